The Bertz CT molecular complexity index is 395. The van der Waals surface area contributed by atoms with E-state index in [-0.39, 0.29) is 7.05 Å². The van der Waals surface area contributed by atoms with Gasteiger partial charge in [0.15, 0.2) is 0 Å². The molecule has 0 aliphatic heterocycles. The molecule has 132 valence electrons. The van der Waals surface area contributed by atoms with Crippen LogP contribution in [0.2, 0.25) is 6.82 Å². The summed E-state index contributed by atoms with van der Waals surface area (Å²) in [6.07, 6.45) is 12.5. The summed E-state index contributed by atoms with van der Waals surface area (Å²) in [6.45, 7) is 10.7. The van der Waals surface area contributed by atoms with Gasteiger partial charge < -0.3 is 9.83 Å². The van der Waals surface area contributed by atoms with Crippen LogP contribution in [0.5, 0.6) is 0 Å². The van der Waals surface area contributed by atoms with Crippen molar-refractivity contribution in [2.45, 2.75) is 91.4 Å². The van der Waals surface area contributed by atoms with Crippen LogP contribution >= 0.6 is 0 Å². The highest BCUT2D eigenvalue weighted by molar-refractivity contribution is 6.45. The Balaban J connectivity index is 1.51. The van der Waals surface area contributed by atoms with Gasteiger partial charge in [-0.1, -0.05) is 33.6 Å². The highest BCUT2D eigenvalue weighted by Gasteiger charge is 2.51. The lowest BCUT2D eigenvalue weighted by molar-refractivity contribution is 0.0345. The van der Waals surface area contributed by atoms with Crippen LogP contribution in [0.3, 0.4) is 0 Å². The molecule has 1 N–H and O–H groups in total. The number of fused-ring (bicyclic) bond motifs is 1. The molecule has 23 heavy (non-hydrogen) atoms. The SMILES string of the molecule is CB(O)N(CCC[C@@H](C)[C@H]1CC[C@H]2[C@@H](C)CCC[C@]12C)C1CC1. The lowest BCUT2D eigenvalue weighted by Gasteiger charge is -2.46. The van der Waals surface area contributed by atoms with E-state index in [9.17, 15) is 5.02 Å². The van der Waals surface area contributed by atoms with E-state index in [1.165, 1.54) is 57.8 Å². The third kappa shape index (κ3) is 3.66. The molecule has 0 spiro atoms. The fourth-order valence-corrected chi connectivity index (χ4v) is 6.42. The average molecular weight is 319 g/mol. The van der Waals surface area contributed by atoms with Gasteiger partial charge in [-0.3, -0.25) is 0 Å². The number of nitrogens with zero attached hydrogens (tertiary/aromatic N) is 1. The first kappa shape index (κ1) is 17.8. The maximum Gasteiger partial charge on any atom is 0.376 e. The Hall–Kier alpha value is -0.0151. The first-order chi connectivity index (χ1) is 10.9. The second-order valence-corrected chi connectivity index (χ2v) is 9.39. The van der Waals surface area contributed by atoms with E-state index in [1.807, 2.05) is 6.82 Å². The van der Waals surface area contributed by atoms with Gasteiger partial charge in [0.1, 0.15) is 0 Å². The third-order valence-electron chi connectivity index (χ3n) is 7.80. The Morgan fingerprint density at radius 1 is 1.22 bits per heavy atom. The molecule has 5 atom stereocenters. The summed E-state index contributed by atoms with van der Waals surface area (Å²) in [5, 5.41) is 9.95. The first-order valence-corrected chi connectivity index (χ1v) is 10.4. The van der Waals surface area contributed by atoms with E-state index in [4.69, 9.17) is 0 Å². The van der Waals surface area contributed by atoms with E-state index >= 15 is 0 Å². The molecule has 0 bridgehead atoms. The van der Waals surface area contributed by atoms with Crippen molar-refractivity contribution in [1.82, 2.24) is 4.81 Å². The summed E-state index contributed by atoms with van der Waals surface area (Å²) in [5.74, 6) is 3.73. The van der Waals surface area contributed by atoms with E-state index < -0.39 is 0 Å². The smallest absolute Gasteiger partial charge is 0.376 e. The van der Waals surface area contributed by atoms with Crippen LogP contribution in [0.25, 0.3) is 0 Å². The first-order valence-electron chi connectivity index (χ1n) is 10.4. The van der Waals surface area contributed by atoms with Crippen LogP contribution in [0.15, 0.2) is 0 Å². The van der Waals surface area contributed by atoms with Crippen molar-refractivity contribution < 1.29 is 5.02 Å². The van der Waals surface area contributed by atoms with Crippen molar-refractivity contribution in [2.75, 3.05) is 6.54 Å². The molecule has 0 aromatic heterocycles. The zero-order valence-electron chi connectivity index (χ0n) is 15.9. The second kappa shape index (κ2) is 7.08. The van der Waals surface area contributed by atoms with Gasteiger partial charge in [0.2, 0.25) is 0 Å². The highest BCUT2D eigenvalue weighted by atomic mass is 16.2. The topological polar surface area (TPSA) is 23.5 Å². The zero-order chi connectivity index (χ0) is 16.6. The molecule has 3 aliphatic rings. The molecule has 0 aromatic carbocycles. The molecule has 3 fully saturated rings. The van der Waals surface area contributed by atoms with Crippen molar-refractivity contribution >= 4 is 7.05 Å². The summed E-state index contributed by atoms with van der Waals surface area (Å²) in [4.78, 5) is 2.33. The number of hydrogen-bond acceptors (Lipinski definition) is 2. The summed E-state index contributed by atoms with van der Waals surface area (Å²) in [7, 11) is -0.259. The van der Waals surface area contributed by atoms with E-state index in [1.54, 1.807) is 0 Å². The molecule has 3 saturated carbocycles. The van der Waals surface area contributed by atoms with Crippen molar-refractivity contribution in [1.29, 1.82) is 0 Å². The Morgan fingerprint density at radius 2 is 1.96 bits per heavy atom. The minimum Gasteiger partial charge on any atom is -0.437 e. The molecule has 0 amide bonds. The van der Waals surface area contributed by atoms with Crippen LogP contribution in [-0.4, -0.2) is 29.5 Å². The standard InChI is InChI=1S/C20H38BNO/c1-15-7-5-13-20(3)18(15)11-12-19(20)16(2)8-6-14-22(21(4)23)17-9-10-17/h15-19,23H,5-14H2,1-4H3/t15-,16+,18-,19+,20-/m0/s1. The summed E-state index contributed by atoms with van der Waals surface area (Å²) >= 11 is 0. The van der Waals surface area contributed by atoms with Crippen LogP contribution in [-0.2, 0) is 0 Å². The van der Waals surface area contributed by atoms with Gasteiger partial charge in [0.25, 0.3) is 0 Å². The quantitative estimate of drug-likeness (QED) is 0.679. The molecule has 0 heterocycles. The normalized spacial score (nSPS) is 38.6. The van der Waals surface area contributed by atoms with Gasteiger partial charge in [0, 0.05) is 6.04 Å². The summed E-state index contributed by atoms with van der Waals surface area (Å²) in [6, 6.07) is 0.679. The van der Waals surface area contributed by atoms with E-state index in [2.05, 4.69) is 25.6 Å². The molecule has 2 nitrogen and oxygen atoms in total. The fourth-order valence-electron chi connectivity index (χ4n) is 6.42. The van der Waals surface area contributed by atoms with Crippen LogP contribution in [0, 0.1) is 29.1 Å². The molecule has 0 unspecified atom stereocenters. The molecule has 0 saturated heterocycles. The van der Waals surface area contributed by atoms with Gasteiger partial charge in [-0.2, -0.15) is 0 Å². The lowest BCUT2D eigenvalue weighted by Crippen LogP contribution is -2.40. The van der Waals surface area contributed by atoms with Crippen LogP contribution in [0.4, 0.5) is 0 Å². The van der Waals surface area contributed by atoms with Crippen molar-refractivity contribution in [3.8, 4) is 0 Å². The summed E-state index contributed by atoms with van der Waals surface area (Å²) in [5.41, 5.74) is 0.623. The van der Waals surface area contributed by atoms with Crippen LogP contribution in [0.1, 0.15) is 78.6 Å². The Morgan fingerprint density at radius 3 is 2.61 bits per heavy atom. The molecule has 0 aromatic rings. The molecule has 3 rings (SSSR count). The minimum absolute atomic E-state index is 0.259. The highest BCUT2D eigenvalue weighted by Crippen LogP contribution is 2.59. The Labute approximate surface area is 144 Å². The van der Waals surface area contributed by atoms with Gasteiger partial charge in [-0.05, 0) is 87.4 Å². The number of hydrogen-bond donors (Lipinski definition) is 1. The van der Waals surface area contributed by atoms with Gasteiger partial charge in [-0.25, -0.2) is 0 Å². The van der Waals surface area contributed by atoms with Crippen molar-refractivity contribution in [3.05, 3.63) is 0 Å². The fraction of sp³-hybridized carbons (Fsp3) is 1.00. The van der Waals surface area contributed by atoms with Crippen LogP contribution < -0.4 is 0 Å². The third-order valence-corrected chi connectivity index (χ3v) is 7.80. The Kier molecular flexibility index (Phi) is 5.48. The van der Waals surface area contributed by atoms with Gasteiger partial charge in [0.05, 0.1) is 0 Å². The van der Waals surface area contributed by atoms with Gasteiger partial charge >= 0.3 is 7.05 Å². The molecule has 3 aliphatic carbocycles. The largest absolute Gasteiger partial charge is 0.437 e. The molecule has 3 heteroatoms. The average Bonchev–Trinajstić information content (AvgIpc) is 3.24. The predicted octanol–water partition coefficient (Wildman–Crippen LogP) is 4.83. The van der Waals surface area contributed by atoms with E-state index in [0.29, 0.717) is 11.5 Å². The second-order valence-electron chi connectivity index (χ2n) is 9.39. The van der Waals surface area contributed by atoms with Gasteiger partial charge in [-0.15, -0.1) is 0 Å². The van der Waals surface area contributed by atoms with Crippen molar-refractivity contribution in [2.24, 2.45) is 29.1 Å². The summed E-state index contributed by atoms with van der Waals surface area (Å²) < 4.78 is 0. The molecule has 0 radical (unpaired) electrons. The molecular weight excluding hydrogens is 281 g/mol. The number of rotatable bonds is 7. The molecular formula is C20H38BNO. The zero-order valence-corrected chi connectivity index (χ0v) is 15.9. The monoisotopic (exact) mass is 319 g/mol. The maximum atomic E-state index is 9.95. The predicted molar refractivity (Wildman–Crippen MR) is 99.3 cm³/mol. The van der Waals surface area contributed by atoms with E-state index in [0.717, 1.165) is 30.2 Å². The maximum absolute atomic E-state index is 9.95. The lowest BCUT2D eigenvalue weighted by atomic mass is 9.59. The minimum atomic E-state index is -0.259. The van der Waals surface area contributed by atoms with Crippen molar-refractivity contribution in [3.63, 3.8) is 0 Å².